The van der Waals surface area contributed by atoms with E-state index in [1.54, 1.807) is 13.0 Å². The van der Waals surface area contributed by atoms with Gasteiger partial charge in [0.05, 0.1) is 10.8 Å². The van der Waals surface area contributed by atoms with Crippen molar-refractivity contribution in [2.45, 2.75) is 36.7 Å². The van der Waals surface area contributed by atoms with Gasteiger partial charge in [0.15, 0.2) is 0 Å². The van der Waals surface area contributed by atoms with Crippen LogP contribution in [-0.2, 0) is 9.59 Å². The number of nitrogens with zero attached hydrogens (tertiary/aromatic N) is 1. The van der Waals surface area contributed by atoms with Crippen molar-refractivity contribution in [3.05, 3.63) is 29.3 Å². The number of carboxylic acids is 1. The van der Waals surface area contributed by atoms with Gasteiger partial charge in [-0.15, -0.1) is 11.8 Å². The number of aliphatic carboxylic acids is 1. The van der Waals surface area contributed by atoms with E-state index in [0.717, 1.165) is 17.7 Å². The number of carboxylic acid groups (broad SMARTS) is 1. The number of carbonyl (C=O) groups excluding carboxylic acids is 1. The van der Waals surface area contributed by atoms with Crippen LogP contribution in [0.5, 0.6) is 0 Å². The van der Waals surface area contributed by atoms with E-state index in [0.29, 0.717) is 5.02 Å². The zero-order valence-corrected chi connectivity index (χ0v) is 12.7. The van der Waals surface area contributed by atoms with Crippen molar-refractivity contribution in [1.29, 1.82) is 0 Å². The van der Waals surface area contributed by atoms with Crippen LogP contribution in [0.25, 0.3) is 0 Å². The Morgan fingerprint density at radius 2 is 2.10 bits per heavy atom. The highest BCUT2D eigenvalue weighted by molar-refractivity contribution is 8.00. The van der Waals surface area contributed by atoms with Gasteiger partial charge in [0.1, 0.15) is 6.04 Å². The van der Waals surface area contributed by atoms with Crippen LogP contribution in [0.15, 0.2) is 29.2 Å². The number of halogens is 1. The van der Waals surface area contributed by atoms with Gasteiger partial charge in [-0.25, -0.2) is 4.79 Å². The molecule has 0 spiro atoms. The van der Waals surface area contributed by atoms with Crippen molar-refractivity contribution in [2.75, 3.05) is 5.75 Å². The second kappa shape index (κ2) is 6.50. The molecule has 1 amide bonds. The van der Waals surface area contributed by atoms with Gasteiger partial charge in [-0.1, -0.05) is 23.7 Å². The predicted octanol–water partition coefficient (Wildman–Crippen LogP) is 2.90. The van der Waals surface area contributed by atoms with Crippen LogP contribution in [0, 0.1) is 0 Å². The van der Waals surface area contributed by atoms with Crippen molar-refractivity contribution in [2.24, 2.45) is 0 Å². The Labute approximate surface area is 127 Å². The smallest absolute Gasteiger partial charge is 0.326 e. The van der Waals surface area contributed by atoms with Gasteiger partial charge in [0.25, 0.3) is 0 Å². The Bertz CT molecular complexity index is 519. The van der Waals surface area contributed by atoms with Crippen molar-refractivity contribution in [1.82, 2.24) is 4.90 Å². The van der Waals surface area contributed by atoms with Crippen LogP contribution < -0.4 is 0 Å². The van der Waals surface area contributed by atoms with Crippen LogP contribution in [-0.4, -0.2) is 39.7 Å². The fraction of sp³-hybridized carbons (Fsp3) is 0.429. The first kappa shape index (κ1) is 15.2. The molecule has 0 aliphatic heterocycles. The van der Waals surface area contributed by atoms with Gasteiger partial charge in [-0.2, -0.15) is 0 Å². The van der Waals surface area contributed by atoms with Crippen molar-refractivity contribution >= 4 is 35.2 Å². The number of amides is 1. The molecule has 1 aliphatic rings. The molecule has 108 valence electrons. The summed E-state index contributed by atoms with van der Waals surface area (Å²) in [6.45, 7) is 1.55. The third kappa shape index (κ3) is 3.67. The molecule has 0 radical (unpaired) electrons. The van der Waals surface area contributed by atoms with Crippen LogP contribution >= 0.6 is 23.4 Å². The number of rotatable bonds is 6. The highest BCUT2D eigenvalue weighted by Gasteiger charge is 2.38. The molecule has 1 N–H and O–H groups in total. The minimum absolute atomic E-state index is 0.0837. The molecule has 0 heterocycles. The Balaban J connectivity index is 1.99. The fourth-order valence-electron chi connectivity index (χ4n) is 1.98. The Hall–Kier alpha value is -1.20. The van der Waals surface area contributed by atoms with Crippen molar-refractivity contribution < 1.29 is 14.7 Å². The summed E-state index contributed by atoms with van der Waals surface area (Å²) in [6.07, 6.45) is 1.78. The lowest BCUT2D eigenvalue weighted by molar-refractivity contribution is -0.148. The first-order chi connectivity index (χ1) is 9.50. The molecule has 1 atom stereocenters. The summed E-state index contributed by atoms with van der Waals surface area (Å²) in [4.78, 5) is 25.7. The first-order valence-electron chi connectivity index (χ1n) is 6.42. The molecule has 0 saturated heterocycles. The van der Waals surface area contributed by atoms with Gasteiger partial charge in [0.2, 0.25) is 5.91 Å². The fourth-order valence-corrected chi connectivity index (χ4v) is 3.09. The SMILES string of the molecule is CC(C(=O)O)N(C(=O)CSc1ccccc1Cl)C1CC1. The monoisotopic (exact) mass is 313 g/mol. The molecule has 20 heavy (non-hydrogen) atoms. The molecular formula is C14H16ClNO3S. The molecule has 0 aromatic heterocycles. The molecule has 1 saturated carbocycles. The number of thioether (sulfide) groups is 1. The van der Waals surface area contributed by atoms with E-state index in [1.165, 1.54) is 16.7 Å². The zero-order chi connectivity index (χ0) is 14.7. The maximum absolute atomic E-state index is 12.3. The lowest BCUT2D eigenvalue weighted by Crippen LogP contribution is -2.45. The van der Waals surface area contributed by atoms with Crippen LogP contribution in [0.3, 0.4) is 0 Å². The van der Waals surface area contributed by atoms with Crippen molar-refractivity contribution in [3.8, 4) is 0 Å². The highest BCUT2D eigenvalue weighted by Crippen LogP contribution is 2.31. The van der Waals surface area contributed by atoms with Crippen molar-refractivity contribution in [3.63, 3.8) is 0 Å². The summed E-state index contributed by atoms with van der Waals surface area (Å²) in [5.41, 5.74) is 0. The van der Waals surface area contributed by atoms with E-state index in [-0.39, 0.29) is 17.7 Å². The molecular weight excluding hydrogens is 298 g/mol. The molecule has 1 aromatic rings. The van der Waals surface area contributed by atoms with Gasteiger partial charge in [-0.3, -0.25) is 4.79 Å². The molecule has 0 bridgehead atoms. The summed E-state index contributed by atoms with van der Waals surface area (Å²) < 4.78 is 0. The second-order valence-electron chi connectivity index (χ2n) is 4.77. The third-order valence-corrected chi connectivity index (χ3v) is 4.69. The van der Waals surface area contributed by atoms with Crippen LogP contribution in [0.1, 0.15) is 19.8 Å². The minimum Gasteiger partial charge on any atom is -0.480 e. The maximum atomic E-state index is 12.3. The number of carbonyl (C=O) groups is 2. The standard InChI is InChI=1S/C14H16ClNO3S/c1-9(14(18)19)16(10-6-7-10)13(17)8-20-12-5-3-2-4-11(12)15/h2-5,9-10H,6-8H2,1H3,(H,18,19). The largest absolute Gasteiger partial charge is 0.480 e. The first-order valence-corrected chi connectivity index (χ1v) is 7.78. The highest BCUT2D eigenvalue weighted by atomic mass is 35.5. The number of hydrogen-bond acceptors (Lipinski definition) is 3. The van der Waals surface area contributed by atoms with Crippen LogP contribution in [0.4, 0.5) is 0 Å². The molecule has 1 aliphatic carbocycles. The zero-order valence-electron chi connectivity index (χ0n) is 11.1. The van der Waals surface area contributed by atoms with Gasteiger partial charge < -0.3 is 10.0 Å². The normalized spacial score (nSPS) is 15.7. The summed E-state index contributed by atoms with van der Waals surface area (Å²) in [5, 5.41) is 9.69. The quantitative estimate of drug-likeness (QED) is 0.820. The van der Waals surface area contributed by atoms with E-state index < -0.39 is 12.0 Å². The van der Waals surface area contributed by atoms with E-state index in [2.05, 4.69) is 0 Å². The topological polar surface area (TPSA) is 57.6 Å². The molecule has 1 fully saturated rings. The molecule has 4 nitrogen and oxygen atoms in total. The summed E-state index contributed by atoms with van der Waals surface area (Å²) in [7, 11) is 0. The summed E-state index contributed by atoms with van der Waals surface area (Å²) >= 11 is 7.38. The lowest BCUT2D eigenvalue weighted by Gasteiger charge is -2.26. The summed E-state index contributed by atoms with van der Waals surface area (Å²) in [5.74, 6) is -0.905. The van der Waals surface area contributed by atoms with Gasteiger partial charge >= 0.3 is 5.97 Å². The average molecular weight is 314 g/mol. The minimum atomic E-state index is -0.965. The molecule has 6 heteroatoms. The molecule has 2 rings (SSSR count). The van der Waals surface area contributed by atoms with Gasteiger partial charge in [-0.05, 0) is 31.9 Å². The van der Waals surface area contributed by atoms with Crippen LogP contribution in [0.2, 0.25) is 5.02 Å². The van der Waals surface area contributed by atoms with E-state index in [9.17, 15) is 9.59 Å². The molecule has 1 aromatic carbocycles. The average Bonchev–Trinajstić information content (AvgIpc) is 3.22. The van der Waals surface area contributed by atoms with E-state index >= 15 is 0 Å². The summed E-state index contributed by atoms with van der Waals surface area (Å²) in [6, 6.07) is 6.62. The second-order valence-corrected chi connectivity index (χ2v) is 6.19. The van der Waals surface area contributed by atoms with Gasteiger partial charge in [0, 0.05) is 10.9 Å². The Morgan fingerprint density at radius 1 is 1.45 bits per heavy atom. The Kier molecular flexibility index (Phi) is 4.94. The predicted molar refractivity (Wildman–Crippen MR) is 79.1 cm³/mol. The Morgan fingerprint density at radius 3 is 2.65 bits per heavy atom. The van der Waals surface area contributed by atoms with E-state index in [1.807, 2.05) is 18.2 Å². The number of hydrogen-bond donors (Lipinski definition) is 1. The maximum Gasteiger partial charge on any atom is 0.326 e. The van der Waals surface area contributed by atoms with E-state index in [4.69, 9.17) is 16.7 Å². The molecule has 1 unspecified atom stereocenters. The third-order valence-electron chi connectivity index (χ3n) is 3.19. The number of benzene rings is 1. The lowest BCUT2D eigenvalue weighted by atomic mass is 10.2.